The fraction of sp³-hybridized carbons (Fsp3) is 0.300. The van der Waals surface area contributed by atoms with E-state index in [0.29, 0.717) is 0 Å². The van der Waals surface area contributed by atoms with Crippen LogP contribution in [0, 0.1) is 6.92 Å². The second-order valence-corrected chi connectivity index (χ2v) is 9.98. The third-order valence-electron chi connectivity index (χ3n) is 3.53. The van der Waals surface area contributed by atoms with Crippen LogP contribution in [0.25, 0.3) is 11.3 Å². The summed E-state index contributed by atoms with van der Waals surface area (Å²) in [4.78, 5) is 0. The van der Waals surface area contributed by atoms with Crippen LogP contribution in [-0.4, -0.2) is 19.7 Å². The summed E-state index contributed by atoms with van der Waals surface area (Å²) in [6, 6.07) is 18.9. The molecule has 130 valence electrons. The molecular formula is C20H23N3S2. The van der Waals surface area contributed by atoms with E-state index in [4.69, 9.17) is 0 Å². The van der Waals surface area contributed by atoms with Crippen molar-refractivity contribution in [1.82, 2.24) is 15.0 Å². The lowest BCUT2D eigenvalue weighted by atomic mass is 10.1. The molecular weight excluding hydrogens is 346 g/mol. The van der Waals surface area contributed by atoms with Gasteiger partial charge in [0.15, 0.2) is 0 Å². The standard InChI is InChI=1S/C20H23N3S2/c1-15-9-8-12-17(13-15)18-19(24-25-20(2,3)4)23(22-21-18)14-16-10-6-5-7-11-16/h5-13H,14H2,1-4H3. The summed E-state index contributed by atoms with van der Waals surface area (Å²) in [5.41, 5.74) is 4.54. The highest BCUT2D eigenvalue weighted by Gasteiger charge is 2.20. The first-order chi connectivity index (χ1) is 11.9. The Kier molecular flexibility index (Phi) is 5.54. The van der Waals surface area contributed by atoms with Crippen molar-refractivity contribution in [2.24, 2.45) is 0 Å². The second-order valence-electron chi connectivity index (χ2n) is 7.03. The molecule has 0 spiro atoms. The van der Waals surface area contributed by atoms with Crippen molar-refractivity contribution < 1.29 is 0 Å². The van der Waals surface area contributed by atoms with Crippen molar-refractivity contribution in [2.45, 2.75) is 44.0 Å². The Morgan fingerprint density at radius 3 is 2.44 bits per heavy atom. The molecule has 1 heterocycles. The van der Waals surface area contributed by atoms with Crippen LogP contribution in [0.3, 0.4) is 0 Å². The largest absolute Gasteiger partial charge is 0.233 e. The number of aryl methyl sites for hydroxylation is 1. The van der Waals surface area contributed by atoms with Gasteiger partial charge >= 0.3 is 0 Å². The van der Waals surface area contributed by atoms with Gasteiger partial charge in [0.25, 0.3) is 0 Å². The fourth-order valence-electron chi connectivity index (χ4n) is 2.38. The molecule has 0 saturated heterocycles. The van der Waals surface area contributed by atoms with Crippen LogP contribution in [0.2, 0.25) is 0 Å². The van der Waals surface area contributed by atoms with Gasteiger partial charge in [-0.05, 0) is 29.3 Å². The molecule has 0 aliphatic rings. The number of hydrogen-bond acceptors (Lipinski definition) is 4. The molecule has 3 aromatic rings. The van der Waals surface area contributed by atoms with Gasteiger partial charge in [-0.2, -0.15) is 0 Å². The fourth-order valence-corrected chi connectivity index (χ4v) is 4.62. The van der Waals surface area contributed by atoms with Gasteiger partial charge in [0.2, 0.25) is 0 Å². The molecule has 3 rings (SSSR count). The molecule has 2 aromatic carbocycles. The van der Waals surface area contributed by atoms with Gasteiger partial charge in [0.05, 0.1) is 6.54 Å². The lowest BCUT2D eigenvalue weighted by molar-refractivity contribution is 0.605. The van der Waals surface area contributed by atoms with Crippen molar-refractivity contribution in [3.63, 3.8) is 0 Å². The molecule has 25 heavy (non-hydrogen) atoms. The van der Waals surface area contributed by atoms with E-state index < -0.39 is 0 Å². The van der Waals surface area contributed by atoms with E-state index >= 15 is 0 Å². The highest BCUT2D eigenvalue weighted by Crippen LogP contribution is 2.43. The number of nitrogens with zero attached hydrogens (tertiary/aromatic N) is 3. The monoisotopic (exact) mass is 369 g/mol. The van der Waals surface area contributed by atoms with E-state index in [1.54, 1.807) is 10.8 Å². The lowest BCUT2D eigenvalue weighted by Gasteiger charge is -2.17. The van der Waals surface area contributed by atoms with Gasteiger partial charge in [-0.15, -0.1) is 5.10 Å². The lowest BCUT2D eigenvalue weighted by Crippen LogP contribution is -2.06. The Morgan fingerprint density at radius 2 is 1.76 bits per heavy atom. The molecule has 0 N–H and O–H groups in total. The quantitative estimate of drug-likeness (QED) is 0.529. The molecule has 0 saturated carbocycles. The molecule has 1 aromatic heterocycles. The minimum atomic E-state index is 0.163. The van der Waals surface area contributed by atoms with Gasteiger partial charge in [-0.1, -0.05) is 90.9 Å². The van der Waals surface area contributed by atoms with Crippen LogP contribution >= 0.6 is 21.6 Å². The first kappa shape index (κ1) is 18.1. The SMILES string of the molecule is Cc1cccc(-c2nnn(Cc3ccccc3)c2SSC(C)(C)C)c1. The molecule has 0 atom stereocenters. The van der Waals surface area contributed by atoms with Crippen molar-refractivity contribution in [2.75, 3.05) is 0 Å². The number of rotatable bonds is 5. The zero-order valence-electron chi connectivity index (χ0n) is 15.1. The highest BCUT2D eigenvalue weighted by molar-refractivity contribution is 8.77. The Hall–Kier alpha value is -1.72. The van der Waals surface area contributed by atoms with E-state index in [-0.39, 0.29) is 4.75 Å². The molecule has 0 aliphatic carbocycles. The third kappa shape index (κ3) is 4.89. The summed E-state index contributed by atoms with van der Waals surface area (Å²) < 4.78 is 2.17. The maximum atomic E-state index is 4.50. The van der Waals surface area contributed by atoms with E-state index in [1.165, 1.54) is 11.1 Å². The molecule has 0 bridgehead atoms. The first-order valence-electron chi connectivity index (χ1n) is 8.32. The van der Waals surface area contributed by atoms with Crippen molar-refractivity contribution in [3.8, 4) is 11.3 Å². The smallest absolute Gasteiger partial charge is 0.133 e. The normalized spacial score (nSPS) is 11.7. The molecule has 0 radical (unpaired) electrons. The minimum Gasteiger partial charge on any atom is -0.233 e. The van der Waals surface area contributed by atoms with Gasteiger partial charge in [0, 0.05) is 10.3 Å². The minimum absolute atomic E-state index is 0.163. The Labute approximate surface area is 157 Å². The zero-order valence-corrected chi connectivity index (χ0v) is 16.7. The predicted molar refractivity (Wildman–Crippen MR) is 109 cm³/mol. The first-order valence-corrected chi connectivity index (χ1v) is 10.5. The predicted octanol–water partition coefficient (Wildman–Crippen LogP) is 5.84. The van der Waals surface area contributed by atoms with Crippen LogP contribution in [0.5, 0.6) is 0 Å². The molecule has 0 fully saturated rings. The second kappa shape index (κ2) is 7.67. The van der Waals surface area contributed by atoms with Crippen molar-refractivity contribution >= 4 is 21.6 Å². The summed E-state index contributed by atoms with van der Waals surface area (Å²) in [5.74, 6) is 0. The van der Waals surface area contributed by atoms with Crippen molar-refractivity contribution in [1.29, 1.82) is 0 Å². The van der Waals surface area contributed by atoms with Gasteiger partial charge in [-0.3, -0.25) is 0 Å². The highest BCUT2D eigenvalue weighted by atomic mass is 33.1. The number of aromatic nitrogens is 3. The van der Waals surface area contributed by atoms with Crippen LogP contribution in [-0.2, 0) is 6.54 Å². The van der Waals surface area contributed by atoms with Gasteiger partial charge in [-0.25, -0.2) is 4.68 Å². The van der Waals surface area contributed by atoms with Crippen LogP contribution < -0.4 is 0 Å². The molecule has 0 amide bonds. The van der Waals surface area contributed by atoms with E-state index in [9.17, 15) is 0 Å². The maximum Gasteiger partial charge on any atom is 0.133 e. The average Bonchev–Trinajstić information content (AvgIpc) is 2.96. The summed E-state index contributed by atoms with van der Waals surface area (Å²) in [5, 5.41) is 10.1. The Balaban J connectivity index is 1.97. The van der Waals surface area contributed by atoms with E-state index in [0.717, 1.165) is 22.8 Å². The number of hydrogen-bond donors (Lipinski definition) is 0. The summed E-state index contributed by atoms with van der Waals surface area (Å²) in [6.45, 7) is 9.51. The Bertz CT molecular complexity index is 836. The molecule has 5 heteroatoms. The zero-order chi connectivity index (χ0) is 17.9. The van der Waals surface area contributed by atoms with Crippen LogP contribution in [0.15, 0.2) is 59.6 Å². The van der Waals surface area contributed by atoms with E-state index in [2.05, 4.69) is 86.5 Å². The maximum absolute atomic E-state index is 4.50. The topological polar surface area (TPSA) is 30.7 Å². The van der Waals surface area contributed by atoms with Gasteiger partial charge < -0.3 is 0 Å². The van der Waals surface area contributed by atoms with E-state index in [1.807, 2.05) is 21.5 Å². The third-order valence-corrected chi connectivity index (χ3v) is 6.90. The van der Waals surface area contributed by atoms with Crippen molar-refractivity contribution in [3.05, 3.63) is 65.7 Å². The average molecular weight is 370 g/mol. The summed E-state index contributed by atoms with van der Waals surface area (Å²) in [7, 11) is 3.61. The van der Waals surface area contributed by atoms with Crippen LogP contribution in [0.1, 0.15) is 31.9 Å². The molecule has 0 aliphatic heterocycles. The molecule has 3 nitrogen and oxygen atoms in total. The summed E-state index contributed by atoms with van der Waals surface area (Å²) >= 11 is 0. The molecule has 0 unspecified atom stereocenters. The Morgan fingerprint density at radius 1 is 1.00 bits per heavy atom. The van der Waals surface area contributed by atoms with Gasteiger partial charge in [0.1, 0.15) is 10.7 Å². The van der Waals surface area contributed by atoms with Crippen LogP contribution in [0.4, 0.5) is 0 Å². The summed E-state index contributed by atoms with van der Waals surface area (Å²) in [6.07, 6.45) is 0. The number of benzene rings is 2.